The van der Waals surface area contributed by atoms with E-state index in [1.54, 1.807) is 24.5 Å². The van der Waals surface area contributed by atoms with Gasteiger partial charge in [0.25, 0.3) is 0 Å². The van der Waals surface area contributed by atoms with E-state index in [0.717, 1.165) is 5.56 Å². The summed E-state index contributed by atoms with van der Waals surface area (Å²) in [6.45, 7) is 0. The van der Waals surface area contributed by atoms with Crippen LogP contribution in [-0.4, -0.2) is 5.84 Å². The molecule has 0 aliphatic heterocycles. The fraction of sp³-hybridized carbons (Fsp3) is 0. The van der Waals surface area contributed by atoms with Crippen LogP contribution in [0.2, 0.25) is 0 Å². The van der Waals surface area contributed by atoms with E-state index >= 15 is 0 Å². The molecule has 0 spiro atoms. The molecular weight excluding hydrogens is 128 g/mol. The average molecular weight is 137 g/mol. The summed E-state index contributed by atoms with van der Waals surface area (Å²) >= 11 is 0. The van der Waals surface area contributed by atoms with Gasteiger partial charge in [-0.25, -0.2) is 4.98 Å². The molecule has 1 aromatic heterocycles. The van der Waals surface area contributed by atoms with Crippen LogP contribution in [0.5, 0.6) is 0 Å². The molecule has 0 saturated carbocycles. The second-order valence-corrected chi connectivity index (χ2v) is 1.80. The Morgan fingerprint density at radius 3 is 2.50 bits per heavy atom. The molecule has 0 radical (unpaired) electrons. The normalized spacial score (nSPS) is 11.4. The van der Waals surface area contributed by atoms with Crippen molar-refractivity contribution >= 4 is 5.84 Å². The second-order valence-electron chi connectivity index (χ2n) is 1.80. The fourth-order valence-corrected chi connectivity index (χ4v) is 0.632. The molecule has 52 valence electrons. The van der Waals surface area contributed by atoms with Crippen LogP contribution in [-0.2, 0) is 0 Å². The number of hydrogen-bond acceptors (Lipinski definition) is 2. The van der Waals surface area contributed by atoms with Crippen molar-refractivity contribution in [2.75, 3.05) is 0 Å². The number of amidine groups is 1. The standard InChI is InChI=1S/C6H8N4/c7-6(10-8)5-1-3-9-4-2-5/h1-4H,8H2,(H2,7,10)/p+1. The van der Waals surface area contributed by atoms with Crippen molar-refractivity contribution in [1.29, 1.82) is 0 Å². The van der Waals surface area contributed by atoms with Gasteiger partial charge >= 0.3 is 0 Å². The summed E-state index contributed by atoms with van der Waals surface area (Å²) in [5.74, 6) is 5.30. The monoisotopic (exact) mass is 137 g/mol. The van der Waals surface area contributed by atoms with Gasteiger partial charge in [-0.15, -0.1) is 0 Å². The van der Waals surface area contributed by atoms with Crippen molar-refractivity contribution in [1.82, 2.24) is 0 Å². The number of aromatic amines is 1. The molecule has 5 N–H and O–H groups in total. The Bertz CT molecular complexity index is 229. The lowest BCUT2D eigenvalue weighted by molar-refractivity contribution is -0.378. The third-order valence-electron chi connectivity index (χ3n) is 1.15. The molecule has 1 aromatic rings. The lowest BCUT2D eigenvalue weighted by Crippen LogP contribution is -2.16. The quantitative estimate of drug-likeness (QED) is 0.227. The Kier molecular flexibility index (Phi) is 1.84. The second kappa shape index (κ2) is 2.82. The van der Waals surface area contributed by atoms with Crippen molar-refractivity contribution in [2.24, 2.45) is 16.7 Å². The number of nitrogens with two attached hydrogens (primary N) is 2. The lowest BCUT2D eigenvalue weighted by Gasteiger charge is -1.92. The van der Waals surface area contributed by atoms with Crippen molar-refractivity contribution in [2.45, 2.75) is 0 Å². The predicted octanol–water partition coefficient (Wildman–Crippen LogP) is -0.920. The topological polar surface area (TPSA) is 78.5 Å². The molecule has 0 saturated heterocycles. The molecule has 0 aliphatic rings. The Hall–Kier alpha value is -1.58. The zero-order chi connectivity index (χ0) is 7.40. The van der Waals surface area contributed by atoms with E-state index in [1.807, 2.05) is 0 Å². The van der Waals surface area contributed by atoms with Crippen molar-refractivity contribution < 1.29 is 4.98 Å². The minimum absolute atomic E-state index is 0.342. The Morgan fingerprint density at radius 1 is 1.40 bits per heavy atom. The number of aromatic nitrogens is 1. The van der Waals surface area contributed by atoms with Crippen LogP contribution < -0.4 is 16.6 Å². The summed E-state index contributed by atoms with van der Waals surface area (Å²) < 4.78 is 0. The Balaban J connectivity index is 2.96. The highest BCUT2D eigenvalue weighted by atomic mass is 15.1. The van der Waals surface area contributed by atoms with Gasteiger partial charge in [0, 0.05) is 17.7 Å². The molecule has 0 fully saturated rings. The van der Waals surface area contributed by atoms with E-state index in [2.05, 4.69) is 10.1 Å². The summed E-state index contributed by atoms with van der Waals surface area (Å²) in [7, 11) is 0. The number of hydrazone groups is 1. The zero-order valence-corrected chi connectivity index (χ0v) is 5.41. The Labute approximate surface area is 58.6 Å². The molecule has 4 heteroatoms. The van der Waals surface area contributed by atoms with E-state index in [9.17, 15) is 0 Å². The smallest absolute Gasteiger partial charge is 0.167 e. The van der Waals surface area contributed by atoms with Gasteiger partial charge in [-0.1, -0.05) is 0 Å². The van der Waals surface area contributed by atoms with Gasteiger partial charge in [-0.05, 0) is 0 Å². The van der Waals surface area contributed by atoms with Gasteiger partial charge in [-0.3, -0.25) is 0 Å². The highest BCUT2D eigenvalue weighted by molar-refractivity contribution is 5.96. The average Bonchev–Trinajstić information content (AvgIpc) is 2.05. The molecule has 10 heavy (non-hydrogen) atoms. The van der Waals surface area contributed by atoms with E-state index in [0.29, 0.717) is 5.84 Å². The minimum atomic E-state index is 0.342. The SMILES string of the molecule is NN=C(N)c1cc[nH+]cc1. The molecular formula is C6H9N4+. The van der Waals surface area contributed by atoms with E-state index in [1.165, 1.54) is 0 Å². The maximum atomic E-state index is 5.41. The van der Waals surface area contributed by atoms with Crippen molar-refractivity contribution in [3.63, 3.8) is 0 Å². The molecule has 0 bridgehead atoms. The molecule has 0 atom stereocenters. The van der Waals surface area contributed by atoms with Crippen LogP contribution in [0.15, 0.2) is 29.6 Å². The molecule has 0 aliphatic carbocycles. The first-order chi connectivity index (χ1) is 4.84. The number of hydrogen-bond donors (Lipinski definition) is 2. The fourth-order valence-electron chi connectivity index (χ4n) is 0.632. The van der Waals surface area contributed by atoms with Crippen LogP contribution in [0.4, 0.5) is 0 Å². The van der Waals surface area contributed by atoms with E-state index < -0.39 is 0 Å². The first-order valence-corrected chi connectivity index (χ1v) is 2.84. The van der Waals surface area contributed by atoms with Crippen LogP contribution in [0.3, 0.4) is 0 Å². The van der Waals surface area contributed by atoms with Crippen LogP contribution >= 0.6 is 0 Å². The van der Waals surface area contributed by atoms with Crippen molar-refractivity contribution in [3.05, 3.63) is 30.1 Å². The third kappa shape index (κ3) is 1.22. The molecule has 0 unspecified atom stereocenters. The van der Waals surface area contributed by atoms with E-state index in [4.69, 9.17) is 11.6 Å². The van der Waals surface area contributed by atoms with Gasteiger partial charge in [-0.2, -0.15) is 5.10 Å². The van der Waals surface area contributed by atoms with E-state index in [-0.39, 0.29) is 0 Å². The molecule has 4 nitrogen and oxygen atoms in total. The van der Waals surface area contributed by atoms with Gasteiger partial charge in [0.1, 0.15) is 0 Å². The summed E-state index contributed by atoms with van der Waals surface area (Å²) in [6, 6.07) is 3.59. The number of nitrogens with zero attached hydrogens (tertiary/aromatic N) is 1. The predicted molar refractivity (Wildman–Crippen MR) is 37.9 cm³/mol. The van der Waals surface area contributed by atoms with Gasteiger partial charge in [0.05, 0.1) is 0 Å². The number of H-pyrrole nitrogens is 1. The Morgan fingerprint density at radius 2 is 2.00 bits per heavy atom. The first kappa shape index (κ1) is 6.54. The maximum absolute atomic E-state index is 5.41. The highest BCUT2D eigenvalue weighted by Gasteiger charge is 1.95. The first-order valence-electron chi connectivity index (χ1n) is 2.84. The maximum Gasteiger partial charge on any atom is 0.167 e. The van der Waals surface area contributed by atoms with Crippen molar-refractivity contribution in [3.8, 4) is 0 Å². The highest BCUT2D eigenvalue weighted by Crippen LogP contribution is 1.90. The minimum Gasteiger partial charge on any atom is -0.382 e. The van der Waals surface area contributed by atoms with Crippen LogP contribution in [0.1, 0.15) is 5.56 Å². The largest absolute Gasteiger partial charge is 0.382 e. The molecule has 1 heterocycles. The molecule has 1 rings (SSSR count). The van der Waals surface area contributed by atoms with Gasteiger partial charge in [0.2, 0.25) is 0 Å². The summed E-state index contributed by atoms with van der Waals surface area (Å²) in [5.41, 5.74) is 6.23. The molecule has 0 amide bonds. The summed E-state index contributed by atoms with van der Waals surface area (Å²) in [6.07, 6.45) is 3.51. The van der Waals surface area contributed by atoms with Crippen LogP contribution in [0.25, 0.3) is 0 Å². The summed E-state index contributed by atoms with van der Waals surface area (Å²) in [4.78, 5) is 2.86. The third-order valence-corrected chi connectivity index (χ3v) is 1.15. The van der Waals surface area contributed by atoms with Gasteiger partial charge in [0.15, 0.2) is 18.2 Å². The van der Waals surface area contributed by atoms with Gasteiger partial charge < -0.3 is 11.6 Å². The number of rotatable bonds is 1. The zero-order valence-electron chi connectivity index (χ0n) is 5.41. The summed E-state index contributed by atoms with van der Waals surface area (Å²) in [5, 5.41) is 3.34. The molecule has 0 aromatic carbocycles. The number of pyridine rings is 1. The lowest BCUT2D eigenvalue weighted by atomic mass is 10.2. The van der Waals surface area contributed by atoms with Crippen LogP contribution in [0, 0.1) is 0 Å². The number of nitrogens with one attached hydrogen (secondary N) is 1.